The first kappa shape index (κ1) is 12.6. The highest BCUT2D eigenvalue weighted by atomic mass is 15.3. The van der Waals surface area contributed by atoms with E-state index in [0.717, 1.165) is 19.6 Å². The zero-order valence-electron chi connectivity index (χ0n) is 11.0. The van der Waals surface area contributed by atoms with Gasteiger partial charge >= 0.3 is 0 Å². The van der Waals surface area contributed by atoms with Crippen LogP contribution in [0.15, 0.2) is 12.4 Å². The van der Waals surface area contributed by atoms with E-state index in [1.807, 2.05) is 17.9 Å². The van der Waals surface area contributed by atoms with Crippen LogP contribution in [0.2, 0.25) is 0 Å². The minimum Gasteiger partial charge on any atom is -0.315 e. The first-order chi connectivity index (χ1) is 8.29. The van der Waals surface area contributed by atoms with Gasteiger partial charge in [0.15, 0.2) is 0 Å². The quantitative estimate of drug-likeness (QED) is 0.758. The van der Waals surface area contributed by atoms with E-state index < -0.39 is 0 Å². The minimum atomic E-state index is 0.710. The molecule has 1 unspecified atom stereocenters. The highest BCUT2D eigenvalue weighted by molar-refractivity contribution is 5.04. The van der Waals surface area contributed by atoms with E-state index in [9.17, 15) is 0 Å². The Morgan fingerprint density at radius 3 is 3.12 bits per heavy atom. The van der Waals surface area contributed by atoms with Crippen LogP contribution < -0.4 is 5.32 Å². The summed E-state index contributed by atoms with van der Waals surface area (Å²) in [6.07, 6.45) is 7.98. The van der Waals surface area contributed by atoms with Crippen molar-refractivity contribution in [2.24, 2.45) is 7.05 Å². The molecule has 17 heavy (non-hydrogen) atoms. The second-order valence-electron chi connectivity index (χ2n) is 4.99. The van der Waals surface area contributed by atoms with E-state index in [4.69, 9.17) is 0 Å². The number of hydrogen-bond acceptors (Lipinski definition) is 3. The van der Waals surface area contributed by atoms with Crippen LogP contribution in [0.3, 0.4) is 0 Å². The van der Waals surface area contributed by atoms with Crippen molar-refractivity contribution in [1.29, 1.82) is 0 Å². The number of aryl methyl sites for hydroxylation is 1. The number of aromatic nitrogens is 2. The Labute approximate surface area is 104 Å². The summed E-state index contributed by atoms with van der Waals surface area (Å²) in [5.41, 5.74) is 1.33. The maximum absolute atomic E-state index is 4.23. The average molecular weight is 236 g/mol. The van der Waals surface area contributed by atoms with Crippen molar-refractivity contribution in [3.8, 4) is 0 Å². The molecule has 96 valence electrons. The van der Waals surface area contributed by atoms with Gasteiger partial charge in [0.25, 0.3) is 0 Å². The van der Waals surface area contributed by atoms with Crippen LogP contribution in [0, 0.1) is 0 Å². The Bertz CT molecular complexity index is 334. The third-order valence-corrected chi connectivity index (χ3v) is 3.45. The highest BCUT2D eigenvalue weighted by Crippen LogP contribution is 2.19. The van der Waals surface area contributed by atoms with E-state index in [1.54, 1.807) is 0 Å². The lowest BCUT2D eigenvalue weighted by atomic mass is 10.2. The van der Waals surface area contributed by atoms with Gasteiger partial charge in [0.1, 0.15) is 0 Å². The second-order valence-corrected chi connectivity index (χ2v) is 4.99. The lowest BCUT2D eigenvalue weighted by molar-refractivity contribution is 0.239. The standard InChI is InChI=1S/C13H24N4/c1-3-6-14-9-13-5-4-7-17(13)11-12-8-15-16(2)10-12/h8,10,13-14H,3-7,9,11H2,1-2H3. The van der Waals surface area contributed by atoms with Gasteiger partial charge < -0.3 is 5.32 Å². The Balaban J connectivity index is 1.82. The molecule has 2 heterocycles. The number of rotatable bonds is 6. The molecule has 2 rings (SSSR count). The van der Waals surface area contributed by atoms with Gasteiger partial charge in [0.2, 0.25) is 0 Å². The molecule has 0 bridgehead atoms. The van der Waals surface area contributed by atoms with E-state index in [-0.39, 0.29) is 0 Å². The Kier molecular flexibility index (Phi) is 4.57. The van der Waals surface area contributed by atoms with Crippen molar-refractivity contribution in [3.05, 3.63) is 18.0 Å². The maximum atomic E-state index is 4.23. The molecule has 1 atom stereocenters. The largest absolute Gasteiger partial charge is 0.315 e. The van der Waals surface area contributed by atoms with Crippen LogP contribution in [0.4, 0.5) is 0 Å². The van der Waals surface area contributed by atoms with Crippen LogP contribution in [0.1, 0.15) is 31.7 Å². The third kappa shape index (κ3) is 3.54. The molecule has 0 saturated carbocycles. The van der Waals surface area contributed by atoms with Crippen molar-refractivity contribution in [2.45, 2.75) is 38.8 Å². The highest BCUT2D eigenvalue weighted by Gasteiger charge is 2.24. The second kappa shape index (κ2) is 6.17. The summed E-state index contributed by atoms with van der Waals surface area (Å²) in [5, 5.41) is 7.77. The number of likely N-dealkylation sites (tertiary alicyclic amines) is 1. The predicted octanol–water partition coefficient (Wildman–Crippen LogP) is 1.38. The summed E-state index contributed by atoms with van der Waals surface area (Å²) in [4.78, 5) is 2.58. The van der Waals surface area contributed by atoms with E-state index in [1.165, 1.54) is 31.4 Å². The molecule has 0 spiro atoms. The van der Waals surface area contributed by atoms with Crippen LogP contribution in [0.25, 0.3) is 0 Å². The Hall–Kier alpha value is -0.870. The minimum absolute atomic E-state index is 0.710. The zero-order chi connectivity index (χ0) is 12.1. The SMILES string of the molecule is CCCNCC1CCCN1Cc1cnn(C)c1. The number of nitrogens with zero attached hydrogens (tertiary/aromatic N) is 3. The van der Waals surface area contributed by atoms with Gasteiger partial charge in [-0.1, -0.05) is 6.92 Å². The Morgan fingerprint density at radius 2 is 2.41 bits per heavy atom. The van der Waals surface area contributed by atoms with Gasteiger partial charge in [-0.15, -0.1) is 0 Å². The maximum Gasteiger partial charge on any atom is 0.0534 e. The molecule has 0 amide bonds. The molecular formula is C13H24N4. The fourth-order valence-corrected chi connectivity index (χ4v) is 2.57. The van der Waals surface area contributed by atoms with Gasteiger partial charge in [-0.2, -0.15) is 5.10 Å². The lowest BCUT2D eigenvalue weighted by Gasteiger charge is -2.24. The topological polar surface area (TPSA) is 33.1 Å². The van der Waals surface area contributed by atoms with E-state index in [0.29, 0.717) is 6.04 Å². The van der Waals surface area contributed by atoms with E-state index in [2.05, 4.69) is 28.4 Å². The predicted molar refractivity (Wildman–Crippen MR) is 69.8 cm³/mol. The Morgan fingerprint density at radius 1 is 1.53 bits per heavy atom. The molecular weight excluding hydrogens is 212 g/mol. The third-order valence-electron chi connectivity index (χ3n) is 3.45. The number of nitrogens with one attached hydrogen (secondary N) is 1. The summed E-state index contributed by atoms with van der Waals surface area (Å²) in [6.45, 7) is 6.76. The first-order valence-corrected chi connectivity index (χ1v) is 6.72. The number of hydrogen-bond donors (Lipinski definition) is 1. The van der Waals surface area contributed by atoms with Crippen molar-refractivity contribution in [3.63, 3.8) is 0 Å². The normalized spacial score (nSPS) is 21.2. The van der Waals surface area contributed by atoms with Crippen LogP contribution in [0.5, 0.6) is 0 Å². The molecule has 1 fully saturated rings. The van der Waals surface area contributed by atoms with Gasteiger partial charge in [-0.25, -0.2) is 0 Å². The summed E-state index contributed by atoms with van der Waals surface area (Å²) in [7, 11) is 1.98. The lowest BCUT2D eigenvalue weighted by Crippen LogP contribution is -2.37. The van der Waals surface area contributed by atoms with Gasteiger partial charge in [0, 0.05) is 37.9 Å². The molecule has 4 heteroatoms. The fraction of sp³-hybridized carbons (Fsp3) is 0.769. The molecule has 1 aromatic heterocycles. The molecule has 1 saturated heterocycles. The monoisotopic (exact) mass is 236 g/mol. The van der Waals surface area contributed by atoms with Crippen LogP contribution in [-0.2, 0) is 13.6 Å². The smallest absolute Gasteiger partial charge is 0.0534 e. The zero-order valence-corrected chi connectivity index (χ0v) is 11.0. The summed E-state index contributed by atoms with van der Waals surface area (Å²) < 4.78 is 1.88. The molecule has 4 nitrogen and oxygen atoms in total. The van der Waals surface area contributed by atoms with Gasteiger partial charge in [-0.05, 0) is 32.4 Å². The first-order valence-electron chi connectivity index (χ1n) is 6.72. The summed E-state index contributed by atoms with van der Waals surface area (Å²) in [6, 6.07) is 0.710. The molecule has 1 aliphatic heterocycles. The molecule has 0 radical (unpaired) electrons. The average Bonchev–Trinajstić information content (AvgIpc) is 2.90. The van der Waals surface area contributed by atoms with Crippen molar-refractivity contribution in [2.75, 3.05) is 19.6 Å². The fourth-order valence-electron chi connectivity index (χ4n) is 2.57. The molecule has 0 aromatic carbocycles. The summed E-state index contributed by atoms with van der Waals surface area (Å²) >= 11 is 0. The van der Waals surface area contributed by atoms with Crippen molar-refractivity contribution < 1.29 is 0 Å². The van der Waals surface area contributed by atoms with Gasteiger partial charge in [0.05, 0.1) is 6.20 Å². The van der Waals surface area contributed by atoms with Crippen LogP contribution >= 0.6 is 0 Å². The van der Waals surface area contributed by atoms with E-state index >= 15 is 0 Å². The molecule has 1 aliphatic rings. The molecule has 1 N–H and O–H groups in total. The van der Waals surface area contributed by atoms with Gasteiger partial charge in [-0.3, -0.25) is 9.58 Å². The summed E-state index contributed by atoms with van der Waals surface area (Å²) in [5.74, 6) is 0. The molecule has 0 aliphatic carbocycles. The molecule has 1 aromatic rings. The van der Waals surface area contributed by atoms with Crippen molar-refractivity contribution >= 4 is 0 Å². The van der Waals surface area contributed by atoms with Crippen LogP contribution in [-0.4, -0.2) is 40.4 Å². The van der Waals surface area contributed by atoms with Crippen molar-refractivity contribution in [1.82, 2.24) is 20.0 Å².